The number of fused-ring (bicyclic) bond motifs is 3. The number of allylic oxidation sites excluding steroid dienone is 1. The molecule has 1 atom stereocenters. The lowest BCUT2D eigenvalue weighted by Crippen LogP contribution is -2.54. The van der Waals surface area contributed by atoms with Gasteiger partial charge in [0, 0.05) is 48.5 Å². The second-order valence-corrected chi connectivity index (χ2v) is 8.62. The van der Waals surface area contributed by atoms with E-state index in [-0.39, 0.29) is 18.8 Å². The molecule has 5 heteroatoms. The standard InChI is InChI=1S/C26H31N3O2/c1-3-18(2)29-13-12-23-22-6-4-5-7-24(22)27-25(23)26(29)19-8-10-20(11-9-19)31-21-16-28(17-21)14-15-30/h4-11,21,26-27,30H,2-3,12-17H2,1H3/t26-/m1/s1. The maximum absolute atomic E-state index is 9.03. The van der Waals surface area contributed by atoms with Crippen LogP contribution in [0.5, 0.6) is 5.75 Å². The van der Waals surface area contributed by atoms with Crippen molar-refractivity contribution < 1.29 is 9.84 Å². The number of hydrogen-bond acceptors (Lipinski definition) is 4. The number of nitrogens with one attached hydrogen (secondary N) is 1. The Hall–Kier alpha value is -2.76. The van der Waals surface area contributed by atoms with E-state index in [4.69, 9.17) is 9.84 Å². The van der Waals surface area contributed by atoms with Gasteiger partial charge in [0.25, 0.3) is 0 Å². The summed E-state index contributed by atoms with van der Waals surface area (Å²) in [5.41, 5.74) is 6.35. The molecule has 2 aliphatic rings. The van der Waals surface area contributed by atoms with Gasteiger partial charge in [-0.15, -0.1) is 0 Å². The van der Waals surface area contributed by atoms with Gasteiger partial charge in [-0.25, -0.2) is 0 Å². The lowest BCUT2D eigenvalue weighted by molar-refractivity contribution is 0.0107. The Morgan fingerprint density at radius 3 is 2.68 bits per heavy atom. The van der Waals surface area contributed by atoms with Crippen LogP contribution in [0, 0.1) is 0 Å². The van der Waals surface area contributed by atoms with Crippen molar-refractivity contribution in [3.8, 4) is 5.75 Å². The van der Waals surface area contributed by atoms with Crippen molar-refractivity contribution in [1.29, 1.82) is 0 Å². The van der Waals surface area contributed by atoms with E-state index >= 15 is 0 Å². The Morgan fingerprint density at radius 2 is 1.94 bits per heavy atom. The molecule has 0 aliphatic carbocycles. The lowest BCUT2D eigenvalue weighted by atomic mass is 9.91. The third-order valence-electron chi connectivity index (χ3n) is 6.69. The Kier molecular flexibility index (Phi) is 5.47. The third kappa shape index (κ3) is 3.73. The van der Waals surface area contributed by atoms with Crippen molar-refractivity contribution in [1.82, 2.24) is 14.8 Å². The number of aromatic amines is 1. The summed E-state index contributed by atoms with van der Waals surface area (Å²) in [7, 11) is 0. The van der Waals surface area contributed by atoms with Gasteiger partial charge < -0.3 is 19.7 Å². The first-order valence-corrected chi connectivity index (χ1v) is 11.3. The van der Waals surface area contributed by atoms with Crippen molar-refractivity contribution in [2.24, 2.45) is 0 Å². The highest BCUT2D eigenvalue weighted by atomic mass is 16.5. The molecule has 3 aromatic rings. The molecule has 2 N–H and O–H groups in total. The fourth-order valence-electron chi connectivity index (χ4n) is 4.97. The summed E-state index contributed by atoms with van der Waals surface area (Å²) in [5.74, 6) is 0.908. The van der Waals surface area contributed by atoms with Gasteiger partial charge in [0.15, 0.2) is 0 Å². The molecule has 0 amide bonds. The number of rotatable bonds is 7. The van der Waals surface area contributed by atoms with Crippen molar-refractivity contribution in [3.63, 3.8) is 0 Å². The molecule has 0 radical (unpaired) electrons. The summed E-state index contributed by atoms with van der Waals surface area (Å²) < 4.78 is 6.12. The van der Waals surface area contributed by atoms with Gasteiger partial charge in [-0.05, 0) is 42.2 Å². The summed E-state index contributed by atoms with van der Waals surface area (Å²) in [6.07, 6.45) is 2.19. The van der Waals surface area contributed by atoms with Crippen molar-refractivity contribution in [2.45, 2.75) is 31.9 Å². The summed E-state index contributed by atoms with van der Waals surface area (Å²) in [5, 5.41) is 10.4. The highest BCUT2D eigenvalue weighted by molar-refractivity contribution is 5.85. The van der Waals surface area contributed by atoms with E-state index in [0.29, 0.717) is 0 Å². The van der Waals surface area contributed by atoms with Crippen LogP contribution < -0.4 is 4.74 Å². The molecule has 5 rings (SSSR count). The Bertz CT molecular complexity index is 1070. The zero-order valence-electron chi connectivity index (χ0n) is 18.2. The van der Waals surface area contributed by atoms with Gasteiger partial charge in [0.1, 0.15) is 11.9 Å². The number of aliphatic hydroxyl groups is 1. The first kappa shape index (κ1) is 20.2. The molecular weight excluding hydrogens is 386 g/mol. The summed E-state index contributed by atoms with van der Waals surface area (Å²) in [4.78, 5) is 8.37. The molecule has 0 spiro atoms. The second kappa shape index (κ2) is 8.40. The minimum atomic E-state index is 0.140. The van der Waals surface area contributed by atoms with E-state index in [1.54, 1.807) is 0 Å². The number of likely N-dealkylation sites (tertiary alicyclic amines) is 1. The van der Waals surface area contributed by atoms with Gasteiger partial charge in [0.05, 0.1) is 12.6 Å². The first-order chi connectivity index (χ1) is 15.2. The van der Waals surface area contributed by atoms with Crippen molar-refractivity contribution in [2.75, 3.05) is 32.8 Å². The van der Waals surface area contributed by atoms with E-state index in [1.807, 2.05) is 0 Å². The molecule has 3 heterocycles. The molecule has 0 bridgehead atoms. The largest absolute Gasteiger partial charge is 0.488 e. The Morgan fingerprint density at radius 1 is 1.16 bits per heavy atom. The molecule has 5 nitrogen and oxygen atoms in total. The summed E-state index contributed by atoms with van der Waals surface area (Å²) in [6.45, 7) is 10.2. The van der Waals surface area contributed by atoms with Crippen LogP contribution in [0.2, 0.25) is 0 Å². The quantitative estimate of drug-likeness (QED) is 0.608. The molecular formula is C26H31N3O2. The Balaban J connectivity index is 1.42. The van der Waals surface area contributed by atoms with Crippen LogP contribution in [0.3, 0.4) is 0 Å². The minimum absolute atomic E-state index is 0.140. The average Bonchev–Trinajstić information content (AvgIpc) is 3.16. The fourth-order valence-corrected chi connectivity index (χ4v) is 4.97. The number of nitrogens with zero attached hydrogens (tertiary/aromatic N) is 2. The smallest absolute Gasteiger partial charge is 0.124 e. The van der Waals surface area contributed by atoms with Gasteiger partial charge in [-0.2, -0.15) is 0 Å². The normalized spacial score (nSPS) is 19.3. The van der Waals surface area contributed by atoms with Crippen LogP contribution in [0.4, 0.5) is 0 Å². The van der Waals surface area contributed by atoms with E-state index in [1.165, 1.54) is 33.4 Å². The molecule has 31 heavy (non-hydrogen) atoms. The number of para-hydroxylation sites is 1. The number of aliphatic hydroxyl groups excluding tert-OH is 1. The lowest BCUT2D eigenvalue weighted by Gasteiger charge is -2.39. The number of hydrogen-bond donors (Lipinski definition) is 2. The zero-order chi connectivity index (χ0) is 21.4. The van der Waals surface area contributed by atoms with E-state index in [9.17, 15) is 0 Å². The van der Waals surface area contributed by atoms with Crippen molar-refractivity contribution in [3.05, 3.63) is 77.6 Å². The third-order valence-corrected chi connectivity index (χ3v) is 6.69. The average molecular weight is 418 g/mol. The van der Waals surface area contributed by atoms with Crippen LogP contribution in [0.25, 0.3) is 10.9 Å². The summed E-state index contributed by atoms with van der Waals surface area (Å²) >= 11 is 0. The van der Waals surface area contributed by atoms with Crippen LogP contribution in [-0.4, -0.2) is 58.8 Å². The predicted octanol–water partition coefficient (Wildman–Crippen LogP) is 4.09. The topological polar surface area (TPSA) is 51.7 Å². The van der Waals surface area contributed by atoms with Crippen LogP contribution >= 0.6 is 0 Å². The monoisotopic (exact) mass is 417 g/mol. The fraction of sp³-hybridized carbons (Fsp3) is 0.385. The van der Waals surface area contributed by atoms with Crippen LogP contribution in [-0.2, 0) is 6.42 Å². The number of benzene rings is 2. The second-order valence-electron chi connectivity index (χ2n) is 8.62. The molecule has 2 aromatic carbocycles. The van der Waals surface area contributed by atoms with Gasteiger partial charge >= 0.3 is 0 Å². The maximum atomic E-state index is 9.03. The van der Waals surface area contributed by atoms with Crippen molar-refractivity contribution >= 4 is 10.9 Å². The number of ether oxygens (including phenoxy) is 1. The van der Waals surface area contributed by atoms with E-state index < -0.39 is 0 Å². The summed E-state index contributed by atoms with van der Waals surface area (Å²) in [6, 6.07) is 17.3. The van der Waals surface area contributed by atoms with E-state index in [2.05, 4.69) is 76.8 Å². The van der Waals surface area contributed by atoms with Gasteiger partial charge in [-0.3, -0.25) is 4.90 Å². The molecule has 1 fully saturated rings. The number of H-pyrrole nitrogens is 1. The first-order valence-electron chi connectivity index (χ1n) is 11.3. The van der Waals surface area contributed by atoms with E-state index in [0.717, 1.165) is 44.8 Å². The molecule has 162 valence electrons. The Labute approximate surface area is 183 Å². The predicted molar refractivity (Wildman–Crippen MR) is 124 cm³/mol. The molecule has 1 saturated heterocycles. The molecule has 2 aliphatic heterocycles. The highest BCUT2D eigenvalue weighted by Crippen LogP contribution is 2.40. The van der Waals surface area contributed by atoms with Gasteiger partial charge in [-0.1, -0.05) is 43.8 Å². The molecule has 1 aromatic heterocycles. The zero-order valence-corrected chi connectivity index (χ0v) is 18.2. The molecule has 0 unspecified atom stereocenters. The number of aromatic nitrogens is 1. The minimum Gasteiger partial charge on any atom is -0.488 e. The maximum Gasteiger partial charge on any atom is 0.124 e. The van der Waals surface area contributed by atoms with Crippen LogP contribution in [0.1, 0.15) is 36.2 Å². The van der Waals surface area contributed by atoms with Crippen LogP contribution in [0.15, 0.2) is 60.8 Å². The highest BCUT2D eigenvalue weighted by Gasteiger charge is 2.32. The molecule has 0 saturated carbocycles. The SMILES string of the molecule is C=C(CC)N1CCc2c([nH]c3ccccc23)[C@H]1c1ccc(OC2CN(CCO)C2)cc1. The number of β-amino-alcohol motifs (C(OH)–C–C–N with tert-alkyl or cyclic N) is 1. The van der Waals surface area contributed by atoms with Gasteiger partial charge in [0.2, 0.25) is 0 Å².